The van der Waals surface area contributed by atoms with E-state index in [9.17, 15) is 5.26 Å². The van der Waals surface area contributed by atoms with Crippen LogP contribution in [0.15, 0.2) is 48.5 Å². The predicted octanol–water partition coefficient (Wildman–Crippen LogP) is 3.90. The van der Waals surface area contributed by atoms with E-state index in [4.69, 9.17) is 0 Å². The Bertz CT molecular complexity index is 640. The molecule has 0 atom stereocenters. The van der Waals surface area contributed by atoms with Gasteiger partial charge in [0.2, 0.25) is 0 Å². The zero-order valence-electron chi connectivity index (χ0n) is 11.5. The summed E-state index contributed by atoms with van der Waals surface area (Å²) in [5.74, 6) is 0. The SMILES string of the molecule is N#Cc1ccccc1CN1CCCCc2ccccc21. The largest absolute Gasteiger partial charge is 0.367 e. The number of fused-ring (bicyclic) bond motifs is 1. The molecule has 0 aliphatic carbocycles. The van der Waals surface area contributed by atoms with Gasteiger partial charge in [0.1, 0.15) is 0 Å². The molecule has 1 aliphatic heterocycles. The highest BCUT2D eigenvalue weighted by atomic mass is 15.1. The zero-order valence-corrected chi connectivity index (χ0v) is 11.5. The summed E-state index contributed by atoms with van der Waals surface area (Å²) in [6.07, 6.45) is 3.61. The molecule has 100 valence electrons. The number of rotatable bonds is 2. The van der Waals surface area contributed by atoms with Gasteiger partial charge in [0.25, 0.3) is 0 Å². The van der Waals surface area contributed by atoms with E-state index in [0.717, 1.165) is 30.6 Å². The second kappa shape index (κ2) is 5.79. The highest BCUT2D eigenvalue weighted by molar-refractivity contribution is 5.55. The topological polar surface area (TPSA) is 27.0 Å². The minimum absolute atomic E-state index is 0.786. The highest BCUT2D eigenvalue weighted by Gasteiger charge is 2.15. The van der Waals surface area contributed by atoms with Crippen molar-refractivity contribution in [3.63, 3.8) is 0 Å². The van der Waals surface area contributed by atoms with Crippen molar-refractivity contribution in [3.05, 3.63) is 65.2 Å². The van der Waals surface area contributed by atoms with E-state index >= 15 is 0 Å². The summed E-state index contributed by atoms with van der Waals surface area (Å²) in [6.45, 7) is 1.89. The third-order valence-electron chi connectivity index (χ3n) is 3.96. The maximum atomic E-state index is 9.23. The van der Waals surface area contributed by atoms with Crippen LogP contribution in [0.4, 0.5) is 5.69 Å². The van der Waals surface area contributed by atoms with Gasteiger partial charge in [-0.25, -0.2) is 0 Å². The molecule has 0 spiro atoms. The Balaban J connectivity index is 1.93. The van der Waals surface area contributed by atoms with Crippen molar-refractivity contribution in [3.8, 4) is 6.07 Å². The van der Waals surface area contributed by atoms with Gasteiger partial charge < -0.3 is 4.90 Å². The highest BCUT2D eigenvalue weighted by Crippen LogP contribution is 2.27. The lowest BCUT2D eigenvalue weighted by atomic mass is 10.1. The van der Waals surface area contributed by atoms with Crippen molar-refractivity contribution in [2.75, 3.05) is 11.4 Å². The molecule has 2 aromatic carbocycles. The normalized spacial score (nSPS) is 14.2. The maximum Gasteiger partial charge on any atom is 0.0995 e. The third-order valence-corrected chi connectivity index (χ3v) is 3.96. The summed E-state index contributed by atoms with van der Waals surface area (Å²) >= 11 is 0. The third kappa shape index (κ3) is 2.53. The summed E-state index contributed by atoms with van der Waals surface area (Å²) in [7, 11) is 0. The molecule has 3 rings (SSSR count). The van der Waals surface area contributed by atoms with Crippen LogP contribution >= 0.6 is 0 Å². The van der Waals surface area contributed by atoms with Crippen molar-refractivity contribution in [2.45, 2.75) is 25.8 Å². The van der Waals surface area contributed by atoms with Gasteiger partial charge in [-0.1, -0.05) is 36.4 Å². The number of nitrogens with zero attached hydrogens (tertiary/aromatic N) is 2. The summed E-state index contributed by atoms with van der Waals surface area (Å²) in [4.78, 5) is 2.42. The first-order valence-electron chi connectivity index (χ1n) is 7.19. The smallest absolute Gasteiger partial charge is 0.0995 e. The minimum atomic E-state index is 0.786. The molecule has 2 nitrogen and oxygen atoms in total. The van der Waals surface area contributed by atoms with E-state index in [-0.39, 0.29) is 0 Å². The summed E-state index contributed by atoms with van der Waals surface area (Å²) in [6, 6.07) is 18.9. The minimum Gasteiger partial charge on any atom is -0.367 e. The summed E-state index contributed by atoms with van der Waals surface area (Å²) < 4.78 is 0. The number of benzene rings is 2. The van der Waals surface area contributed by atoms with Crippen LogP contribution < -0.4 is 4.90 Å². The van der Waals surface area contributed by atoms with Crippen LogP contribution in [-0.2, 0) is 13.0 Å². The van der Waals surface area contributed by atoms with Gasteiger partial charge in [0.05, 0.1) is 11.6 Å². The molecule has 0 unspecified atom stereocenters. The van der Waals surface area contributed by atoms with Crippen molar-refractivity contribution in [2.24, 2.45) is 0 Å². The first-order valence-corrected chi connectivity index (χ1v) is 7.19. The Morgan fingerprint density at radius 1 is 1.00 bits per heavy atom. The number of nitriles is 1. The van der Waals surface area contributed by atoms with Crippen LogP contribution in [0, 0.1) is 11.3 Å². The number of hydrogen-bond donors (Lipinski definition) is 0. The van der Waals surface area contributed by atoms with Gasteiger partial charge in [-0.15, -0.1) is 0 Å². The molecule has 0 radical (unpaired) electrons. The predicted molar refractivity (Wildman–Crippen MR) is 81.6 cm³/mol. The van der Waals surface area contributed by atoms with Crippen molar-refractivity contribution >= 4 is 5.69 Å². The molecule has 1 aliphatic rings. The van der Waals surface area contributed by atoms with Gasteiger partial charge in [-0.05, 0) is 42.5 Å². The van der Waals surface area contributed by atoms with E-state index in [1.165, 1.54) is 24.1 Å². The number of para-hydroxylation sites is 1. The quantitative estimate of drug-likeness (QED) is 0.820. The van der Waals surface area contributed by atoms with E-state index in [1.807, 2.05) is 18.2 Å². The molecule has 2 heteroatoms. The van der Waals surface area contributed by atoms with E-state index < -0.39 is 0 Å². The van der Waals surface area contributed by atoms with Crippen LogP contribution in [0.2, 0.25) is 0 Å². The van der Waals surface area contributed by atoms with Crippen molar-refractivity contribution in [1.29, 1.82) is 5.26 Å². The molecule has 0 aromatic heterocycles. The molecule has 0 saturated carbocycles. The second-order valence-electron chi connectivity index (χ2n) is 5.28. The lowest BCUT2D eigenvalue weighted by Crippen LogP contribution is -2.24. The zero-order chi connectivity index (χ0) is 13.8. The van der Waals surface area contributed by atoms with E-state index in [2.05, 4.69) is 41.3 Å². The first-order chi connectivity index (χ1) is 9.88. The average Bonchev–Trinajstić information content (AvgIpc) is 2.71. The fourth-order valence-electron chi connectivity index (χ4n) is 2.91. The van der Waals surface area contributed by atoms with E-state index in [0.29, 0.717) is 0 Å². The lowest BCUT2D eigenvalue weighted by molar-refractivity contribution is 0.714. The molecular weight excluding hydrogens is 244 g/mol. The van der Waals surface area contributed by atoms with Gasteiger partial charge in [0, 0.05) is 18.8 Å². The maximum absolute atomic E-state index is 9.23. The standard InChI is InChI=1S/C18H18N2/c19-13-16-9-1-2-10-17(16)14-20-12-6-5-8-15-7-3-4-11-18(15)20/h1-4,7,9-11H,5-6,8,12,14H2. The first kappa shape index (κ1) is 12.7. The van der Waals surface area contributed by atoms with Crippen molar-refractivity contribution in [1.82, 2.24) is 0 Å². The molecule has 0 N–H and O–H groups in total. The van der Waals surface area contributed by atoms with Crippen molar-refractivity contribution < 1.29 is 0 Å². The molecule has 2 aromatic rings. The second-order valence-corrected chi connectivity index (χ2v) is 5.28. The Labute approximate surface area is 120 Å². The van der Waals surface area contributed by atoms with Gasteiger partial charge in [0.15, 0.2) is 0 Å². The molecule has 0 amide bonds. The molecule has 0 fully saturated rings. The van der Waals surface area contributed by atoms with E-state index in [1.54, 1.807) is 0 Å². The van der Waals surface area contributed by atoms with Gasteiger partial charge in [-0.2, -0.15) is 5.26 Å². The average molecular weight is 262 g/mol. The molecule has 1 heterocycles. The van der Waals surface area contributed by atoms with Gasteiger partial charge >= 0.3 is 0 Å². The van der Waals surface area contributed by atoms with Crippen LogP contribution in [0.1, 0.15) is 29.5 Å². The molecule has 20 heavy (non-hydrogen) atoms. The van der Waals surface area contributed by atoms with Crippen LogP contribution in [-0.4, -0.2) is 6.54 Å². The number of aryl methyl sites for hydroxylation is 1. The Morgan fingerprint density at radius 2 is 1.80 bits per heavy atom. The Hall–Kier alpha value is -2.27. The fourth-order valence-corrected chi connectivity index (χ4v) is 2.91. The van der Waals surface area contributed by atoms with Crippen LogP contribution in [0.5, 0.6) is 0 Å². The fraction of sp³-hybridized carbons (Fsp3) is 0.278. The number of hydrogen-bond acceptors (Lipinski definition) is 2. The molecule has 0 bridgehead atoms. The Kier molecular flexibility index (Phi) is 3.69. The summed E-state index contributed by atoms with van der Waals surface area (Å²) in [5, 5.41) is 9.23. The molecular formula is C18H18N2. The molecule has 0 saturated heterocycles. The number of anilines is 1. The van der Waals surface area contributed by atoms with Gasteiger partial charge in [-0.3, -0.25) is 0 Å². The Morgan fingerprint density at radius 3 is 2.70 bits per heavy atom. The lowest BCUT2D eigenvalue weighted by Gasteiger charge is -2.25. The van der Waals surface area contributed by atoms with Crippen LogP contribution in [0.25, 0.3) is 0 Å². The monoisotopic (exact) mass is 262 g/mol. The van der Waals surface area contributed by atoms with Crippen LogP contribution in [0.3, 0.4) is 0 Å². The summed E-state index contributed by atoms with van der Waals surface area (Å²) in [5.41, 5.74) is 4.66.